The molecule has 0 aliphatic carbocycles. The minimum Gasteiger partial charge on any atom is -0.476 e. The van der Waals surface area contributed by atoms with Gasteiger partial charge in [-0.05, 0) is 18.2 Å². The summed E-state index contributed by atoms with van der Waals surface area (Å²) >= 11 is 3.44. The predicted octanol–water partition coefficient (Wildman–Crippen LogP) is 2.48. The monoisotopic (exact) mass is 377 g/mol. The van der Waals surface area contributed by atoms with E-state index in [1.807, 2.05) is 25.2 Å². The number of ether oxygens (including phenoxy) is 1. The van der Waals surface area contributed by atoms with E-state index in [4.69, 9.17) is 4.74 Å². The molecule has 2 aromatic heterocycles. The van der Waals surface area contributed by atoms with Crippen molar-refractivity contribution in [2.45, 2.75) is 6.42 Å². The second kappa shape index (κ2) is 6.41. The van der Waals surface area contributed by atoms with E-state index in [0.717, 1.165) is 15.4 Å². The average Bonchev–Trinajstić information content (AvgIpc) is 3.03. The smallest absolute Gasteiger partial charge is 0.240 e. The Morgan fingerprint density at radius 3 is 2.87 bits per heavy atom. The summed E-state index contributed by atoms with van der Waals surface area (Å²) in [6.07, 6.45) is 1.99. The van der Waals surface area contributed by atoms with Crippen LogP contribution in [0.25, 0.3) is 10.9 Å². The Kier molecular flexibility index (Phi) is 4.33. The molecule has 7 nitrogen and oxygen atoms in total. The van der Waals surface area contributed by atoms with Crippen LogP contribution in [0.15, 0.2) is 34.9 Å². The fourth-order valence-electron chi connectivity index (χ4n) is 2.24. The maximum absolute atomic E-state index is 11.9. The van der Waals surface area contributed by atoms with Crippen molar-refractivity contribution in [2.75, 3.05) is 11.9 Å². The number of fused-ring (bicyclic) bond motifs is 1. The molecule has 0 spiro atoms. The van der Waals surface area contributed by atoms with Gasteiger partial charge in [0.1, 0.15) is 0 Å². The number of nitrogens with one attached hydrogen (secondary N) is 1. The van der Waals surface area contributed by atoms with E-state index in [0.29, 0.717) is 11.7 Å². The van der Waals surface area contributed by atoms with Gasteiger partial charge in [-0.15, -0.1) is 5.10 Å². The Bertz CT molecular complexity index is 855. The molecular weight excluding hydrogens is 362 g/mol. The van der Waals surface area contributed by atoms with E-state index >= 15 is 0 Å². The number of amides is 1. The number of aryl methyl sites for hydroxylation is 2. The zero-order valence-electron chi connectivity index (χ0n) is 12.8. The highest BCUT2D eigenvalue weighted by Crippen LogP contribution is 2.27. The number of nitrogens with zero attached hydrogens (tertiary/aromatic N) is 4. The summed E-state index contributed by atoms with van der Waals surface area (Å²) in [5.74, 6) is 0.907. The average molecular weight is 378 g/mol. The molecule has 3 aromatic rings. The molecule has 0 aliphatic rings. The SMILES string of the molecule is Cn1ccc(NC(=O)CCOc2nn(C)c3ccc(Br)cc23)n1. The number of carbonyl (C=O) groups excluding carboxylic acids is 1. The van der Waals surface area contributed by atoms with Crippen LogP contribution >= 0.6 is 15.9 Å². The quantitative estimate of drug-likeness (QED) is 0.740. The first kappa shape index (κ1) is 15.5. The van der Waals surface area contributed by atoms with Gasteiger partial charge in [0.05, 0.1) is 23.9 Å². The van der Waals surface area contributed by atoms with Crippen LogP contribution in [0.5, 0.6) is 5.88 Å². The van der Waals surface area contributed by atoms with Crippen LogP contribution in [-0.2, 0) is 18.9 Å². The molecule has 0 saturated carbocycles. The summed E-state index contributed by atoms with van der Waals surface area (Å²) in [4.78, 5) is 11.9. The molecule has 0 radical (unpaired) electrons. The van der Waals surface area contributed by atoms with E-state index in [2.05, 4.69) is 31.4 Å². The first-order valence-electron chi connectivity index (χ1n) is 7.07. The fraction of sp³-hybridized carbons (Fsp3) is 0.267. The molecule has 8 heteroatoms. The molecule has 0 atom stereocenters. The molecule has 0 unspecified atom stereocenters. The van der Waals surface area contributed by atoms with Crippen LogP contribution in [0.3, 0.4) is 0 Å². The molecule has 0 aliphatic heterocycles. The van der Waals surface area contributed by atoms with Crippen molar-refractivity contribution in [3.05, 3.63) is 34.9 Å². The normalized spacial score (nSPS) is 10.9. The highest BCUT2D eigenvalue weighted by atomic mass is 79.9. The van der Waals surface area contributed by atoms with Gasteiger partial charge < -0.3 is 10.1 Å². The van der Waals surface area contributed by atoms with Gasteiger partial charge in [0.15, 0.2) is 5.82 Å². The van der Waals surface area contributed by atoms with Gasteiger partial charge in [0, 0.05) is 30.8 Å². The Balaban J connectivity index is 1.60. The number of halogens is 1. The third-order valence-electron chi connectivity index (χ3n) is 3.33. The largest absolute Gasteiger partial charge is 0.476 e. The highest BCUT2D eigenvalue weighted by Gasteiger charge is 2.11. The summed E-state index contributed by atoms with van der Waals surface area (Å²) in [6.45, 7) is 0.247. The molecule has 1 amide bonds. The molecule has 120 valence electrons. The number of rotatable bonds is 5. The van der Waals surface area contributed by atoms with Crippen molar-refractivity contribution in [1.82, 2.24) is 19.6 Å². The van der Waals surface area contributed by atoms with Crippen LogP contribution in [0.1, 0.15) is 6.42 Å². The lowest BCUT2D eigenvalue weighted by molar-refractivity contribution is -0.116. The second-order valence-electron chi connectivity index (χ2n) is 5.11. The summed E-state index contributed by atoms with van der Waals surface area (Å²) in [5, 5.41) is 12.1. The molecule has 23 heavy (non-hydrogen) atoms. The van der Waals surface area contributed by atoms with E-state index in [1.54, 1.807) is 28.7 Å². The Morgan fingerprint density at radius 1 is 1.30 bits per heavy atom. The third kappa shape index (κ3) is 3.53. The van der Waals surface area contributed by atoms with Crippen molar-refractivity contribution >= 4 is 38.6 Å². The second-order valence-corrected chi connectivity index (χ2v) is 6.03. The number of aromatic nitrogens is 4. The summed E-state index contributed by atoms with van der Waals surface area (Å²) in [6, 6.07) is 7.61. The maximum Gasteiger partial charge on any atom is 0.240 e. The minimum absolute atomic E-state index is 0.148. The number of hydrogen-bond acceptors (Lipinski definition) is 4. The molecule has 0 saturated heterocycles. The van der Waals surface area contributed by atoms with Crippen molar-refractivity contribution in [2.24, 2.45) is 14.1 Å². The standard InChI is InChI=1S/C15H16BrN5O2/c1-20-7-5-13(18-20)17-14(22)6-8-23-15-11-9-10(16)3-4-12(11)21(2)19-15/h3-5,7,9H,6,8H2,1-2H3,(H,17,18,22). The van der Waals surface area contributed by atoms with Gasteiger partial charge in [-0.3, -0.25) is 14.2 Å². The molecule has 2 heterocycles. The first-order valence-corrected chi connectivity index (χ1v) is 7.87. The van der Waals surface area contributed by atoms with Crippen LogP contribution in [0.4, 0.5) is 5.82 Å². The number of hydrogen-bond donors (Lipinski definition) is 1. The zero-order chi connectivity index (χ0) is 16.4. The van der Waals surface area contributed by atoms with Crippen molar-refractivity contribution < 1.29 is 9.53 Å². The number of anilines is 1. The molecule has 0 fully saturated rings. The maximum atomic E-state index is 11.9. The van der Waals surface area contributed by atoms with Crippen LogP contribution in [-0.4, -0.2) is 32.1 Å². The third-order valence-corrected chi connectivity index (χ3v) is 3.82. The van der Waals surface area contributed by atoms with Gasteiger partial charge in [0.25, 0.3) is 0 Å². The van der Waals surface area contributed by atoms with E-state index in [9.17, 15) is 4.79 Å². The van der Waals surface area contributed by atoms with E-state index < -0.39 is 0 Å². The van der Waals surface area contributed by atoms with Crippen LogP contribution in [0, 0.1) is 0 Å². The van der Waals surface area contributed by atoms with Crippen molar-refractivity contribution in [1.29, 1.82) is 0 Å². The van der Waals surface area contributed by atoms with Gasteiger partial charge in [-0.25, -0.2) is 0 Å². The molecule has 0 bridgehead atoms. The number of benzene rings is 1. The molecule has 1 aromatic carbocycles. The van der Waals surface area contributed by atoms with Gasteiger partial charge in [0.2, 0.25) is 11.8 Å². The van der Waals surface area contributed by atoms with Crippen molar-refractivity contribution in [3.8, 4) is 5.88 Å². The van der Waals surface area contributed by atoms with Gasteiger partial charge >= 0.3 is 0 Å². The molecule has 1 N–H and O–H groups in total. The first-order chi connectivity index (χ1) is 11.0. The van der Waals surface area contributed by atoms with Crippen LogP contribution < -0.4 is 10.1 Å². The highest BCUT2D eigenvalue weighted by molar-refractivity contribution is 9.10. The zero-order valence-corrected chi connectivity index (χ0v) is 14.4. The topological polar surface area (TPSA) is 74.0 Å². The molecule has 3 rings (SSSR count). The molecular formula is C15H16BrN5O2. The lowest BCUT2D eigenvalue weighted by Gasteiger charge is -2.04. The van der Waals surface area contributed by atoms with Gasteiger partial charge in [-0.1, -0.05) is 15.9 Å². The Morgan fingerprint density at radius 2 is 2.13 bits per heavy atom. The minimum atomic E-state index is -0.148. The summed E-state index contributed by atoms with van der Waals surface area (Å²) in [5.41, 5.74) is 0.973. The summed E-state index contributed by atoms with van der Waals surface area (Å²) in [7, 11) is 3.65. The van der Waals surface area contributed by atoms with E-state index in [1.165, 1.54) is 0 Å². The lowest BCUT2D eigenvalue weighted by atomic mass is 10.2. The lowest BCUT2D eigenvalue weighted by Crippen LogP contribution is -2.15. The fourth-order valence-corrected chi connectivity index (χ4v) is 2.60. The predicted molar refractivity (Wildman–Crippen MR) is 90.4 cm³/mol. The Labute approximate surface area is 141 Å². The van der Waals surface area contributed by atoms with Gasteiger partial charge in [-0.2, -0.15) is 5.10 Å². The Hall–Kier alpha value is -2.35. The van der Waals surface area contributed by atoms with Crippen molar-refractivity contribution in [3.63, 3.8) is 0 Å². The number of carbonyl (C=O) groups is 1. The van der Waals surface area contributed by atoms with E-state index in [-0.39, 0.29) is 18.9 Å². The summed E-state index contributed by atoms with van der Waals surface area (Å²) < 4.78 is 10.0. The van der Waals surface area contributed by atoms with Crippen LogP contribution in [0.2, 0.25) is 0 Å².